The van der Waals surface area contributed by atoms with Crippen LogP contribution < -0.4 is 21.1 Å². The number of ether oxygens (including phenoxy) is 1. The fraction of sp³-hybridized carbons (Fsp3) is 0.176. The number of aryl methyl sites for hydroxylation is 1. The minimum atomic E-state index is 0.478. The van der Waals surface area contributed by atoms with E-state index < -0.39 is 0 Å². The summed E-state index contributed by atoms with van der Waals surface area (Å²) in [7, 11) is 1.69. The minimum absolute atomic E-state index is 0.478. The van der Waals surface area contributed by atoms with Gasteiger partial charge in [-0.2, -0.15) is 0 Å². The molecule has 6 heteroatoms. The van der Waals surface area contributed by atoms with Crippen molar-refractivity contribution in [3.63, 3.8) is 0 Å². The van der Waals surface area contributed by atoms with Crippen molar-refractivity contribution in [1.29, 1.82) is 0 Å². The lowest BCUT2D eigenvalue weighted by atomic mass is 10.2. The fourth-order valence-corrected chi connectivity index (χ4v) is 1.86. The van der Waals surface area contributed by atoms with Gasteiger partial charge in [0.15, 0.2) is 5.88 Å². The van der Waals surface area contributed by atoms with E-state index in [1.165, 1.54) is 0 Å². The van der Waals surface area contributed by atoms with Crippen molar-refractivity contribution in [2.75, 3.05) is 24.6 Å². The quantitative estimate of drug-likeness (QED) is 0.416. The van der Waals surface area contributed by atoms with E-state index in [2.05, 4.69) is 20.6 Å². The molecule has 0 saturated heterocycles. The first kappa shape index (κ1) is 16.4. The normalized spacial score (nSPS) is 11.5. The lowest BCUT2D eigenvalue weighted by Crippen LogP contribution is -2.17. The molecular formula is C17H21N5O. The maximum atomic E-state index is 5.83. The molecule has 0 bridgehead atoms. The number of hydrogen-bond donors (Lipinski definition) is 3. The molecule has 1 heterocycles. The number of aliphatic imine (C=N–C) groups is 1. The SMILES string of the molecule is CN=CN/C(=C\CNc1cccc(N)n1)Oc1cccc(C)c1. The first-order chi connectivity index (χ1) is 11.2. The second-order valence-electron chi connectivity index (χ2n) is 4.85. The van der Waals surface area contributed by atoms with Crippen molar-refractivity contribution in [3.8, 4) is 5.75 Å². The van der Waals surface area contributed by atoms with Crippen LogP contribution in [-0.2, 0) is 0 Å². The molecule has 0 aliphatic heterocycles. The number of nitrogens with two attached hydrogens (primary N) is 1. The van der Waals surface area contributed by atoms with E-state index in [9.17, 15) is 0 Å². The lowest BCUT2D eigenvalue weighted by molar-refractivity contribution is 0.403. The fourth-order valence-electron chi connectivity index (χ4n) is 1.86. The zero-order chi connectivity index (χ0) is 16.5. The van der Waals surface area contributed by atoms with E-state index >= 15 is 0 Å². The first-order valence-electron chi connectivity index (χ1n) is 7.25. The predicted octanol–water partition coefficient (Wildman–Crippen LogP) is 2.55. The Morgan fingerprint density at radius 1 is 1.30 bits per heavy atom. The molecule has 23 heavy (non-hydrogen) atoms. The number of nitrogens with zero attached hydrogens (tertiary/aromatic N) is 2. The van der Waals surface area contributed by atoms with E-state index in [0.29, 0.717) is 24.1 Å². The number of hydrogen-bond acceptors (Lipinski definition) is 5. The summed E-state index contributed by atoms with van der Waals surface area (Å²) in [6, 6.07) is 13.3. The smallest absolute Gasteiger partial charge is 0.196 e. The molecule has 0 spiro atoms. The average Bonchev–Trinajstić information content (AvgIpc) is 2.52. The van der Waals surface area contributed by atoms with E-state index in [1.54, 1.807) is 19.5 Å². The van der Waals surface area contributed by atoms with Crippen LogP contribution in [0.1, 0.15) is 5.56 Å². The molecule has 1 aromatic heterocycles. The second kappa shape index (κ2) is 8.43. The summed E-state index contributed by atoms with van der Waals surface area (Å²) in [5.74, 6) is 2.53. The molecule has 4 N–H and O–H groups in total. The Morgan fingerprint density at radius 2 is 2.13 bits per heavy atom. The highest BCUT2D eigenvalue weighted by molar-refractivity contribution is 5.56. The van der Waals surface area contributed by atoms with Crippen molar-refractivity contribution < 1.29 is 4.74 Å². The Hall–Kier alpha value is -3.02. The van der Waals surface area contributed by atoms with Crippen molar-refractivity contribution in [2.45, 2.75) is 6.92 Å². The van der Waals surface area contributed by atoms with E-state index in [1.807, 2.05) is 49.4 Å². The monoisotopic (exact) mass is 311 g/mol. The Bertz CT molecular complexity index is 697. The van der Waals surface area contributed by atoms with Gasteiger partial charge in [0.2, 0.25) is 0 Å². The van der Waals surface area contributed by atoms with E-state index in [0.717, 1.165) is 11.3 Å². The molecule has 0 radical (unpaired) electrons. The maximum absolute atomic E-state index is 5.83. The van der Waals surface area contributed by atoms with Gasteiger partial charge in [-0.25, -0.2) is 4.98 Å². The van der Waals surface area contributed by atoms with Gasteiger partial charge >= 0.3 is 0 Å². The molecule has 0 amide bonds. The van der Waals surface area contributed by atoms with Gasteiger partial charge in [-0.15, -0.1) is 0 Å². The number of benzene rings is 1. The second-order valence-corrected chi connectivity index (χ2v) is 4.85. The van der Waals surface area contributed by atoms with Gasteiger partial charge in [0.05, 0.1) is 6.34 Å². The molecular weight excluding hydrogens is 290 g/mol. The van der Waals surface area contributed by atoms with Gasteiger partial charge in [-0.3, -0.25) is 4.99 Å². The molecule has 2 rings (SSSR count). The summed E-state index contributed by atoms with van der Waals surface area (Å²) in [6.45, 7) is 2.55. The Labute approximate surface area is 136 Å². The number of pyridine rings is 1. The number of anilines is 2. The minimum Gasteiger partial charge on any atom is -0.441 e. The summed E-state index contributed by atoms with van der Waals surface area (Å²) in [4.78, 5) is 8.08. The zero-order valence-electron chi connectivity index (χ0n) is 13.3. The molecule has 0 atom stereocenters. The largest absolute Gasteiger partial charge is 0.441 e. The summed E-state index contributed by atoms with van der Waals surface area (Å²) >= 11 is 0. The maximum Gasteiger partial charge on any atom is 0.196 e. The lowest BCUT2D eigenvalue weighted by Gasteiger charge is -2.11. The molecule has 0 saturated carbocycles. The first-order valence-corrected chi connectivity index (χ1v) is 7.25. The third-order valence-corrected chi connectivity index (χ3v) is 2.89. The molecule has 0 unspecified atom stereocenters. The van der Waals surface area contributed by atoms with Crippen LogP contribution in [0.3, 0.4) is 0 Å². The van der Waals surface area contributed by atoms with Crippen LogP contribution in [0, 0.1) is 6.92 Å². The van der Waals surface area contributed by atoms with Crippen LogP contribution in [-0.4, -0.2) is 24.9 Å². The van der Waals surface area contributed by atoms with Crippen LogP contribution in [0.15, 0.2) is 59.4 Å². The summed E-state index contributed by atoms with van der Waals surface area (Å²) in [6.07, 6.45) is 3.44. The van der Waals surface area contributed by atoms with Gasteiger partial charge in [0, 0.05) is 13.6 Å². The summed E-state index contributed by atoms with van der Waals surface area (Å²) < 4.78 is 5.83. The predicted molar refractivity (Wildman–Crippen MR) is 94.6 cm³/mol. The number of aromatic nitrogens is 1. The van der Waals surface area contributed by atoms with E-state index in [-0.39, 0.29) is 0 Å². The molecule has 0 aliphatic carbocycles. The van der Waals surface area contributed by atoms with Crippen LogP contribution in [0.5, 0.6) is 5.75 Å². The third-order valence-electron chi connectivity index (χ3n) is 2.89. The Morgan fingerprint density at radius 3 is 2.87 bits per heavy atom. The number of nitrogen functional groups attached to an aromatic ring is 1. The topological polar surface area (TPSA) is 84.6 Å². The highest BCUT2D eigenvalue weighted by Crippen LogP contribution is 2.14. The van der Waals surface area contributed by atoms with Crippen molar-refractivity contribution in [3.05, 3.63) is 60.0 Å². The molecule has 6 nitrogen and oxygen atoms in total. The van der Waals surface area contributed by atoms with Crippen LogP contribution in [0.2, 0.25) is 0 Å². The average molecular weight is 311 g/mol. The Balaban J connectivity index is 2.01. The van der Waals surface area contributed by atoms with Crippen LogP contribution in [0.4, 0.5) is 11.6 Å². The van der Waals surface area contributed by atoms with Crippen molar-refractivity contribution >= 4 is 18.0 Å². The van der Waals surface area contributed by atoms with Crippen molar-refractivity contribution in [1.82, 2.24) is 10.3 Å². The molecule has 2 aromatic rings. The Kier molecular flexibility index (Phi) is 5.99. The highest BCUT2D eigenvalue weighted by Gasteiger charge is 2.00. The standard InChI is InChI=1S/C17H21N5O/c1-13-5-3-6-14(11-13)23-17(21-12-19-2)9-10-20-16-8-4-7-15(18)22-16/h3-9,11-12H,10H2,1-2H3,(H,19,21)(H3,18,20,22)/b17-9+. The van der Waals surface area contributed by atoms with Gasteiger partial charge < -0.3 is 21.1 Å². The van der Waals surface area contributed by atoms with Gasteiger partial charge in [-0.1, -0.05) is 18.2 Å². The highest BCUT2D eigenvalue weighted by atomic mass is 16.5. The van der Waals surface area contributed by atoms with Gasteiger partial charge in [-0.05, 0) is 42.8 Å². The molecule has 120 valence electrons. The molecule has 0 fully saturated rings. The molecule has 1 aromatic carbocycles. The van der Waals surface area contributed by atoms with Crippen molar-refractivity contribution in [2.24, 2.45) is 4.99 Å². The number of nitrogens with one attached hydrogen (secondary N) is 2. The van der Waals surface area contributed by atoms with E-state index in [4.69, 9.17) is 10.5 Å². The van der Waals surface area contributed by atoms with Crippen LogP contribution in [0.25, 0.3) is 0 Å². The number of rotatable bonds is 7. The van der Waals surface area contributed by atoms with Gasteiger partial charge in [0.1, 0.15) is 17.4 Å². The van der Waals surface area contributed by atoms with Crippen LogP contribution >= 0.6 is 0 Å². The van der Waals surface area contributed by atoms with Gasteiger partial charge in [0.25, 0.3) is 0 Å². The summed E-state index contributed by atoms with van der Waals surface area (Å²) in [5.41, 5.74) is 6.78. The zero-order valence-corrected chi connectivity index (χ0v) is 13.3. The summed E-state index contributed by atoms with van der Waals surface area (Å²) in [5, 5.41) is 6.15. The molecule has 0 aliphatic rings. The third kappa shape index (κ3) is 5.70.